The van der Waals surface area contributed by atoms with Crippen LogP contribution in [-0.4, -0.2) is 20.1 Å². The van der Waals surface area contributed by atoms with Crippen LogP contribution < -0.4 is 11.5 Å². The van der Waals surface area contributed by atoms with Crippen LogP contribution in [0.25, 0.3) is 20.7 Å². The summed E-state index contributed by atoms with van der Waals surface area (Å²) in [5.41, 5.74) is 15.5. The van der Waals surface area contributed by atoms with Crippen LogP contribution in [0.3, 0.4) is 0 Å². The smallest absolute Gasteiger partial charge is 0.220 e. The number of hydrogen-bond donors (Lipinski definition) is 3. The molecule has 7 heteroatoms. The number of nitrogens with zero attached hydrogens (tertiary/aromatic N) is 3. The van der Waals surface area contributed by atoms with Crippen molar-refractivity contribution in [2.24, 2.45) is 5.73 Å². The normalized spacial score (nSPS) is 12.4. The second kappa shape index (κ2) is 6.36. The minimum absolute atomic E-state index is 0.189. The molecule has 0 saturated carbocycles. The number of anilines is 1. The molecule has 1 atom stereocenters. The summed E-state index contributed by atoms with van der Waals surface area (Å²) in [4.78, 5) is 13.8. The van der Waals surface area contributed by atoms with E-state index in [0.29, 0.717) is 0 Å². The van der Waals surface area contributed by atoms with Gasteiger partial charge in [0.05, 0.1) is 27.0 Å². The number of phenolic OH excluding ortho intramolecular Hbond substituents is 1. The van der Waals surface area contributed by atoms with Crippen molar-refractivity contribution in [3.8, 4) is 16.3 Å². The van der Waals surface area contributed by atoms with Crippen LogP contribution in [0.5, 0.6) is 5.75 Å². The Labute approximate surface area is 154 Å². The first-order chi connectivity index (χ1) is 12.5. The first-order valence-electron chi connectivity index (χ1n) is 8.05. The SMILES string of the molecule is Cc1c(-c2ccnc(N)n2)sc2cnc(C(N)c3cccc(O)c3)cc12. The van der Waals surface area contributed by atoms with Gasteiger partial charge >= 0.3 is 0 Å². The van der Waals surface area contributed by atoms with Crippen LogP contribution in [0.1, 0.15) is 22.9 Å². The van der Waals surface area contributed by atoms with Gasteiger partial charge in [-0.15, -0.1) is 11.3 Å². The highest BCUT2D eigenvalue weighted by Crippen LogP contribution is 2.38. The average Bonchev–Trinajstić information content (AvgIpc) is 2.97. The van der Waals surface area contributed by atoms with E-state index in [1.165, 1.54) is 0 Å². The molecule has 0 fully saturated rings. The lowest BCUT2D eigenvalue weighted by atomic mass is 10.0. The zero-order valence-corrected chi connectivity index (χ0v) is 14.9. The maximum Gasteiger partial charge on any atom is 0.220 e. The number of nitrogens with two attached hydrogens (primary N) is 2. The number of aromatic hydroxyl groups is 1. The van der Waals surface area contributed by atoms with Crippen molar-refractivity contribution >= 4 is 27.4 Å². The Morgan fingerprint density at radius 1 is 1.15 bits per heavy atom. The van der Waals surface area contributed by atoms with Crippen molar-refractivity contribution in [2.45, 2.75) is 13.0 Å². The molecule has 0 saturated heterocycles. The van der Waals surface area contributed by atoms with E-state index in [-0.39, 0.29) is 11.7 Å². The zero-order chi connectivity index (χ0) is 18.3. The van der Waals surface area contributed by atoms with Gasteiger partial charge < -0.3 is 16.6 Å². The van der Waals surface area contributed by atoms with E-state index in [1.54, 1.807) is 35.7 Å². The second-order valence-electron chi connectivity index (χ2n) is 6.03. The van der Waals surface area contributed by atoms with Crippen molar-refractivity contribution in [1.29, 1.82) is 0 Å². The highest BCUT2D eigenvalue weighted by molar-refractivity contribution is 7.22. The number of hydrogen-bond acceptors (Lipinski definition) is 7. The predicted octanol–water partition coefficient (Wildman–Crippen LogP) is 3.40. The van der Waals surface area contributed by atoms with E-state index >= 15 is 0 Å². The van der Waals surface area contributed by atoms with Gasteiger partial charge in [-0.3, -0.25) is 4.98 Å². The Bertz CT molecular complexity index is 1110. The molecule has 5 N–H and O–H groups in total. The van der Waals surface area contributed by atoms with Gasteiger partial charge in [0.2, 0.25) is 5.95 Å². The van der Waals surface area contributed by atoms with Crippen LogP contribution in [0, 0.1) is 6.92 Å². The van der Waals surface area contributed by atoms with Crippen LogP contribution in [0.2, 0.25) is 0 Å². The molecule has 3 aromatic heterocycles. The van der Waals surface area contributed by atoms with Crippen molar-refractivity contribution in [3.63, 3.8) is 0 Å². The maximum absolute atomic E-state index is 9.68. The van der Waals surface area contributed by atoms with Crippen molar-refractivity contribution in [1.82, 2.24) is 15.0 Å². The van der Waals surface area contributed by atoms with Gasteiger partial charge in [-0.25, -0.2) is 9.97 Å². The number of aryl methyl sites for hydroxylation is 1. The van der Waals surface area contributed by atoms with Crippen molar-refractivity contribution in [3.05, 3.63) is 65.6 Å². The standard InChI is InChI=1S/C19H17N5OS/c1-10-13-8-15(17(20)11-3-2-4-12(25)7-11)23-9-16(13)26-18(10)14-5-6-22-19(21)24-14/h2-9,17,25H,20H2,1H3,(H2,21,22,24). The summed E-state index contributed by atoms with van der Waals surface area (Å²) in [6.45, 7) is 2.05. The van der Waals surface area contributed by atoms with Gasteiger partial charge in [0.15, 0.2) is 0 Å². The minimum atomic E-state index is -0.413. The van der Waals surface area contributed by atoms with E-state index in [2.05, 4.69) is 21.9 Å². The van der Waals surface area contributed by atoms with Gasteiger partial charge in [0.1, 0.15) is 5.75 Å². The van der Waals surface area contributed by atoms with Crippen molar-refractivity contribution < 1.29 is 5.11 Å². The number of rotatable bonds is 3. The van der Waals surface area contributed by atoms with E-state index in [4.69, 9.17) is 11.5 Å². The largest absolute Gasteiger partial charge is 0.508 e. The summed E-state index contributed by atoms with van der Waals surface area (Å²) >= 11 is 1.62. The molecule has 1 aromatic carbocycles. The Balaban J connectivity index is 1.79. The number of pyridine rings is 1. The summed E-state index contributed by atoms with van der Waals surface area (Å²) in [5, 5.41) is 10.8. The second-order valence-corrected chi connectivity index (χ2v) is 7.09. The highest BCUT2D eigenvalue weighted by Gasteiger charge is 2.16. The average molecular weight is 363 g/mol. The molecule has 0 aliphatic rings. The maximum atomic E-state index is 9.68. The first-order valence-corrected chi connectivity index (χ1v) is 8.87. The van der Waals surface area contributed by atoms with E-state index in [9.17, 15) is 5.11 Å². The van der Waals surface area contributed by atoms with Gasteiger partial charge in [-0.2, -0.15) is 0 Å². The summed E-state index contributed by atoms with van der Waals surface area (Å²) in [5.74, 6) is 0.443. The van der Waals surface area contributed by atoms with Gasteiger partial charge in [-0.05, 0) is 47.7 Å². The van der Waals surface area contributed by atoms with Crippen LogP contribution in [-0.2, 0) is 0 Å². The molecule has 1 unspecified atom stereocenters. The van der Waals surface area contributed by atoms with Crippen LogP contribution in [0.4, 0.5) is 5.95 Å². The summed E-state index contributed by atoms with van der Waals surface area (Å²) in [6.07, 6.45) is 3.49. The third-order valence-electron chi connectivity index (χ3n) is 4.30. The van der Waals surface area contributed by atoms with Gasteiger partial charge in [-0.1, -0.05) is 12.1 Å². The summed E-state index contributed by atoms with van der Waals surface area (Å²) < 4.78 is 1.06. The quantitative estimate of drug-likeness (QED) is 0.514. The molecule has 0 radical (unpaired) electrons. The van der Waals surface area contributed by atoms with Crippen LogP contribution >= 0.6 is 11.3 Å². The molecule has 0 aliphatic carbocycles. The van der Waals surface area contributed by atoms with E-state index in [0.717, 1.165) is 37.5 Å². The van der Waals surface area contributed by atoms with Crippen molar-refractivity contribution in [2.75, 3.05) is 5.73 Å². The summed E-state index contributed by atoms with van der Waals surface area (Å²) in [6, 6.07) is 10.4. The molecule has 4 aromatic rings. The monoisotopic (exact) mass is 363 g/mol. The molecule has 6 nitrogen and oxygen atoms in total. The van der Waals surface area contributed by atoms with Gasteiger partial charge in [0.25, 0.3) is 0 Å². The topological polar surface area (TPSA) is 111 Å². The Morgan fingerprint density at radius 3 is 2.77 bits per heavy atom. The van der Waals surface area contributed by atoms with E-state index < -0.39 is 6.04 Å². The van der Waals surface area contributed by atoms with E-state index in [1.807, 2.05) is 24.4 Å². The molecule has 0 bridgehead atoms. The third-order valence-corrected chi connectivity index (χ3v) is 5.56. The Morgan fingerprint density at radius 2 is 2.00 bits per heavy atom. The fraction of sp³-hybridized carbons (Fsp3) is 0.105. The lowest BCUT2D eigenvalue weighted by Crippen LogP contribution is -2.13. The lowest BCUT2D eigenvalue weighted by Gasteiger charge is -2.12. The van der Waals surface area contributed by atoms with Gasteiger partial charge in [0, 0.05) is 12.4 Å². The molecule has 0 aliphatic heterocycles. The lowest BCUT2D eigenvalue weighted by molar-refractivity contribution is 0.474. The summed E-state index contributed by atoms with van der Waals surface area (Å²) in [7, 11) is 0. The molecule has 26 heavy (non-hydrogen) atoms. The fourth-order valence-corrected chi connectivity index (χ4v) is 4.07. The first kappa shape index (κ1) is 16.4. The zero-order valence-electron chi connectivity index (χ0n) is 14.0. The number of fused-ring (bicyclic) bond motifs is 1. The molecule has 130 valence electrons. The van der Waals surface area contributed by atoms with Crippen LogP contribution in [0.15, 0.2) is 48.8 Å². The number of benzene rings is 1. The Kier molecular flexibility index (Phi) is 4.02. The third kappa shape index (κ3) is 2.87. The Hall–Kier alpha value is -3.03. The molecule has 0 spiro atoms. The molecular weight excluding hydrogens is 346 g/mol. The number of phenols is 1. The molecule has 0 amide bonds. The number of thiophene rings is 1. The number of aromatic nitrogens is 3. The molecule has 3 heterocycles. The predicted molar refractivity (Wildman–Crippen MR) is 104 cm³/mol. The molecule has 4 rings (SSSR count). The fourth-order valence-electron chi connectivity index (χ4n) is 2.95. The highest BCUT2D eigenvalue weighted by atomic mass is 32.1. The minimum Gasteiger partial charge on any atom is -0.508 e. The molecular formula is C19H17N5OS. The number of nitrogen functional groups attached to an aromatic ring is 1.